The Kier molecular flexibility index (Phi) is 3.50. The minimum atomic E-state index is -3.24. The molecule has 0 unspecified atom stereocenters. The molecule has 0 aromatic heterocycles. The summed E-state index contributed by atoms with van der Waals surface area (Å²) in [6.07, 6.45) is 4.58. The van der Waals surface area contributed by atoms with E-state index >= 15 is 0 Å². The maximum atomic E-state index is 11.6. The molecule has 96 valence electrons. The minimum Gasteiger partial charge on any atom is -0.335 e. The number of nitrogens with two attached hydrogens (primary N) is 1. The quantitative estimate of drug-likeness (QED) is 0.695. The van der Waals surface area contributed by atoms with Crippen molar-refractivity contribution in [2.45, 2.75) is 25.4 Å². The fourth-order valence-electron chi connectivity index (χ4n) is 2.13. The van der Waals surface area contributed by atoms with Crippen molar-refractivity contribution in [1.29, 1.82) is 0 Å². The summed E-state index contributed by atoms with van der Waals surface area (Å²) in [6.45, 7) is 2.80. The van der Waals surface area contributed by atoms with Gasteiger partial charge in [0.2, 0.25) is 10.0 Å². The van der Waals surface area contributed by atoms with E-state index in [0.717, 1.165) is 12.1 Å². The highest BCUT2D eigenvalue weighted by Gasteiger charge is 2.30. The third kappa shape index (κ3) is 3.05. The van der Waals surface area contributed by atoms with Gasteiger partial charge in [0.05, 0.1) is 18.1 Å². The summed E-state index contributed by atoms with van der Waals surface area (Å²) in [7, 11) is -3.24. The summed E-state index contributed by atoms with van der Waals surface area (Å²) in [4.78, 5) is 6.26. The molecule has 2 atom stereocenters. The van der Waals surface area contributed by atoms with Crippen LogP contribution in [-0.2, 0) is 10.0 Å². The van der Waals surface area contributed by atoms with Crippen LogP contribution in [0.25, 0.3) is 0 Å². The van der Waals surface area contributed by atoms with Crippen molar-refractivity contribution in [2.24, 2.45) is 10.7 Å². The SMILES string of the molecule is C[C@H]1C=C2C[C@H](NS(=O)(=O)CCN)CN2C=N1. The number of fused-ring (bicyclic) bond motifs is 1. The van der Waals surface area contributed by atoms with Crippen molar-refractivity contribution < 1.29 is 8.42 Å². The number of hydrogen-bond acceptors (Lipinski definition) is 5. The lowest BCUT2D eigenvalue weighted by atomic mass is 10.2. The van der Waals surface area contributed by atoms with Crippen LogP contribution < -0.4 is 10.5 Å². The first-order valence-electron chi connectivity index (χ1n) is 5.71. The lowest BCUT2D eigenvalue weighted by molar-refractivity contribution is 0.525. The van der Waals surface area contributed by atoms with Gasteiger partial charge in [0.1, 0.15) is 0 Å². The molecule has 2 heterocycles. The zero-order valence-electron chi connectivity index (χ0n) is 9.83. The lowest BCUT2D eigenvalue weighted by Gasteiger charge is -2.19. The molecule has 2 aliphatic heterocycles. The number of nitrogens with one attached hydrogen (secondary N) is 1. The first-order chi connectivity index (χ1) is 8.00. The van der Waals surface area contributed by atoms with Gasteiger partial charge in [-0.1, -0.05) is 0 Å². The zero-order valence-corrected chi connectivity index (χ0v) is 10.7. The van der Waals surface area contributed by atoms with Crippen molar-refractivity contribution in [1.82, 2.24) is 9.62 Å². The summed E-state index contributed by atoms with van der Waals surface area (Å²) < 4.78 is 25.9. The Morgan fingerprint density at radius 2 is 2.41 bits per heavy atom. The zero-order chi connectivity index (χ0) is 12.5. The molecule has 6 nitrogen and oxygen atoms in total. The summed E-state index contributed by atoms with van der Waals surface area (Å²) in [5, 5.41) is 0. The van der Waals surface area contributed by atoms with Crippen LogP contribution in [0.3, 0.4) is 0 Å². The summed E-state index contributed by atoms with van der Waals surface area (Å²) in [5.41, 5.74) is 6.41. The van der Waals surface area contributed by atoms with Crippen LogP contribution in [0, 0.1) is 0 Å². The highest BCUT2D eigenvalue weighted by molar-refractivity contribution is 7.89. The monoisotopic (exact) mass is 258 g/mol. The Labute approximate surface area is 102 Å². The van der Waals surface area contributed by atoms with E-state index in [-0.39, 0.29) is 24.4 Å². The molecular formula is C10H18N4O2S. The van der Waals surface area contributed by atoms with E-state index in [0.29, 0.717) is 6.54 Å². The normalized spacial score (nSPS) is 28.1. The van der Waals surface area contributed by atoms with E-state index in [1.54, 1.807) is 6.34 Å². The Morgan fingerprint density at radius 1 is 1.65 bits per heavy atom. The highest BCUT2D eigenvalue weighted by atomic mass is 32.2. The fraction of sp³-hybridized carbons (Fsp3) is 0.700. The van der Waals surface area contributed by atoms with Crippen LogP contribution in [0.5, 0.6) is 0 Å². The second-order valence-corrected chi connectivity index (χ2v) is 6.32. The maximum Gasteiger partial charge on any atom is 0.213 e. The van der Waals surface area contributed by atoms with E-state index in [1.165, 1.54) is 0 Å². The smallest absolute Gasteiger partial charge is 0.213 e. The minimum absolute atomic E-state index is 0.0208. The molecule has 2 aliphatic rings. The largest absolute Gasteiger partial charge is 0.335 e. The Morgan fingerprint density at radius 3 is 3.12 bits per heavy atom. The van der Waals surface area contributed by atoms with Crippen molar-refractivity contribution in [2.75, 3.05) is 18.8 Å². The summed E-state index contributed by atoms with van der Waals surface area (Å²) in [6, 6.07) is 0.107. The van der Waals surface area contributed by atoms with Crippen LogP contribution >= 0.6 is 0 Å². The van der Waals surface area contributed by atoms with E-state index in [4.69, 9.17) is 5.73 Å². The predicted octanol–water partition coefficient (Wildman–Crippen LogP) is -0.747. The van der Waals surface area contributed by atoms with Gasteiger partial charge in [0.15, 0.2) is 0 Å². The van der Waals surface area contributed by atoms with Crippen molar-refractivity contribution >= 4 is 16.4 Å². The first kappa shape index (κ1) is 12.5. The third-order valence-corrected chi connectivity index (χ3v) is 4.31. The lowest BCUT2D eigenvalue weighted by Crippen LogP contribution is -2.39. The predicted molar refractivity (Wildman–Crippen MR) is 67.1 cm³/mol. The number of hydrogen-bond donors (Lipinski definition) is 2. The topological polar surface area (TPSA) is 87.8 Å². The Bertz CT molecular complexity index is 443. The van der Waals surface area contributed by atoms with Crippen molar-refractivity contribution in [3.63, 3.8) is 0 Å². The molecule has 17 heavy (non-hydrogen) atoms. The van der Waals surface area contributed by atoms with Gasteiger partial charge in [-0.25, -0.2) is 13.1 Å². The van der Waals surface area contributed by atoms with Crippen molar-refractivity contribution in [3.05, 3.63) is 11.8 Å². The van der Waals surface area contributed by atoms with Gasteiger partial charge in [-0.15, -0.1) is 0 Å². The molecule has 1 fully saturated rings. The Balaban J connectivity index is 1.99. The molecule has 0 bridgehead atoms. The van der Waals surface area contributed by atoms with E-state index < -0.39 is 10.0 Å². The van der Waals surface area contributed by atoms with Crippen molar-refractivity contribution in [3.8, 4) is 0 Å². The van der Waals surface area contributed by atoms with Gasteiger partial charge in [0, 0.05) is 31.2 Å². The second-order valence-electron chi connectivity index (χ2n) is 4.44. The molecule has 3 N–H and O–H groups in total. The third-order valence-electron chi connectivity index (χ3n) is 2.85. The molecule has 0 aromatic carbocycles. The molecule has 7 heteroatoms. The average molecular weight is 258 g/mol. The highest BCUT2D eigenvalue weighted by Crippen LogP contribution is 2.24. The van der Waals surface area contributed by atoms with E-state index in [1.807, 2.05) is 11.8 Å². The number of aliphatic imine (C=N–C) groups is 1. The molecule has 0 aliphatic carbocycles. The molecule has 0 radical (unpaired) electrons. The van der Waals surface area contributed by atoms with Gasteiger partial charge in [-0.05, 0) is 13.0 Å². The second kappa shape index (κ2) is 4.75. The molecule has 2 rings (SSSR count). The van der Waals surface area contributed by atoms with E-state index in [9.17, 15) is 8.42 Å². The van der Waals surface area contributed by atoms with Crippen LogP contribution in [0.1, 0.15) is 13.3 Å². The van der Waals surface area contributed by atoms with Crippen LogP contribution in [0.15, 0.2) is 16.8 Å². The maximum absolute atomic E-state index is 11.6. The first-order valence-corrected chi connectivity index (χ1v) is 7.36. The number of nitrogens with zero attached hydrogens (tertiary/aromatic N) is 2. The van der Waals surface area contributed by atoms with Gasteiger partial charge in [-0.3, -0.25) is 4.99 Å². The van der Waals surface area contributed by atoms with Crippen LogP contribution in [0.2, 0.25) is 0 Å². The number of sulfonamides is 1. The standard InChI is InChI=1S/C10H18N4O2S/c1-8-4-10-5-9(6-14(10)7-12-8)13-17(15,16)3-2-11/h4,7-9,13H,2-3,5-6,11H2,1H3/t8-,9-/m0/s1. The van der Waals surface area contributed by atoms with Gasteiger partial charge in [-0.2, -0.15) is 0 Å². The number of rotatable bonds is 4. The summed E-state index contributed by atoms with van der Waals surface area (Å²) in [5.74, 6) is -0.0208. The molecule has 0 saturated carbocycles. The van der Waals surface area contributed by atoms with Crippen LogP contribution in [0.4, 0.5) is 0 Å². The fourth-order valence-corrected chi connectivity index (χ4v) is 3.22. The molecule has 1 saturated heterocycles. The van der Waals surface area contributed by atoms with E-state index in [2.05, 4.69) is 15.8 Å². The van der Waals surface area contributed by atoms with Crippen LogP contribution in [-0.4, -0.2) is 50.6 Å². The Hall–Kier alpha value is -0.920. The molecule has 0 amide bonds. The van der Waals surface area contributed by atoms with Gasteiger partial charge in [0.25, 0.3) is 0 Å². The molecule has 0 spiro atoms. The average Bonchev–Trinajstić information content (AvgIpc) is 2.57. The summed E-state index contributed by atoms with van der Waals surface area (Å²) >= 11 is 0. The van der Waals surface area contributed by atoms with Gasteiger partial charge < -0.3 is 10.6 Å². The molecule has 0 aromatic rings. The van der Waals surface area contributed by atoms with Gasteiger partial charge >= 0.3 is 0 Å². The molecular weight excluding hydrogens is 240 g/mol.